The Morgan fingerprint density at radius 1 is 1.56 bits per heavy atom. The topological polar surface area (TPSA) is 59.6 Å². The lowest BCUT2D eigenvalue weighted by molar-refractivity contribution is -0.887. The van der Waals surface area contributed by atoms with Gasteiger partial charge in [0.05, 0.1) is 6.61 Å². The lowest BCUT2D eigenvalue weighted by Gasteiger charge is -2.03. The molecular weight excluding hydrogens is 210 g/mol. The van der Waals surface area contributed by atoms with Crippen LogP contribution in [0.15, 0.2) is 18.3 Å². The number of nitrogens with zero attached hydrogens (tertiary/aromatic N) is 1. The molecule has 86 valence electrons. The molecule has 1 N–H and O–H groups in total. The summed E-state index contributed by atoms with van der Waals surface area (Å²) in [6, 6.07) is 3.11. The maximum atomic E-state index is 10.8. The van der Waals surface area contributed by atoms with Crippen LogP contribution in [-0.4, -0.2) is 24.8 Å². The monoisotopic (exact) mass is 224 g/mol. The molecule has 1 aliphatic carbocycles. The van der Waals surface area contributed by atoms with Gasteiger partial charge in [-0.1, -0.05) is 0 Å². The molecule has 1 heterocycles. The minimum Gasteiger partial charge on any atom is -0.487 e. The molecule has 0 aliphatic heterocycles. The fourth-order valence-corrected chi connectivity index (χ4v) is 1.36. The van der Waals surface area contributed by atoms with Gasteiger partial charge in [-0.15, -0.1) is 0 Å². The van der Waals surface area contributed by atoms with E-state index in [0.717, 1.165) is 0 Å². The van der Waals surface area contributed by atoms with E-state index in [1.807, 2.05) is 0 Å². The second kappa shape index (κ2) is 4.38. The van der Waals surface area contributed by atoms with Gasteiger partial charge >= 0.3 is 11.7 Å². The lowest BCUT2D eigenvalue weighted by atomic mass is 10.3. The molecule has 0 aromatic carbocycles. The van der Waals surface area contributed by atoms with Gasteiger partial charge in [-0.2, -0.15) is 0 Å². The molecule has 0 bridgehead atoms. The van der Waals surface area contributed by atoms with Crippen molar-refractivity contribution in [2.45, 2.75) is 12.8 Å². The molecule has 1 saturated carbocycles. The number of pyridine rings is 1. The molecule has 1 aliphatic rings. The molecule has 2 rings (SSSR count). The third kappa shape index (κ3) is 2.42. The zero-order valence-corrected chi connectivity index (χ0v) is 9.05. The number of carboxylic acid groups (broad SMARTS) is 1. The summed E-state index contributed by atoms with van der Waals surface area (Å²) in [6.07, 6.45) is 3.97. The van der Waals surface area contributed by atoms with Crippen molar-refractivity contribution in [2.75, 3.05) is 13.7 Å². The minimum atomic E-state index is -1.03. The van der Waals surface area contributed by atoms with Crippen LogP contribution >= 0.6 is 0 Å². The second-order valence-electron chi connectivity index (χ2n) is 3.82. The fourth-order valence-electron chi connectivity index (χ4n) is 1.36. The number of aromatic nitrogens is 1. The zero-order chi connectivity index (χ0) is 11.5. The molecule has 5 nitrogen and oxygen atoms in total. The van der Waals surface area contributed by atoms with E-state index in [2.05, 4.69) is 0 Å². The van der Waals surface area contributed by atoms with Crippen LogP contribution in [0.5, 0.6) is 5.75 Å². The molecule has 1 aromatic rings. The van der Waals surface area contributed by atoms with Crippen LogP contribution in [0.4, 0.5) is 0 Å². The minimum absolute atomic E-state index is 0.0706. The molecule has 1 fully saturated rings. The van der Waals surface area contributed by atoms with Crippen molar-refractivity contribution in [1.29, 1.82) is 0 Å². The number of carboxylic acids is 1. The number of hydrogen-bond donors (Lipinski definition) is 1. The van der Waals surface area contributed by atoms with Crippen molar-refractivity contribution >= 4 is 5.97 Å². The maximum Gasteiger partial charge on any atom is 0.406 e. The Morgan fingerprint density at radius 3 is 2.88 bits per heavy atom. The average Bonchev–Trinajstić information content (AvgIpc) is 3.09. The summed E-state index contributed by atoms with van der Waals surface area (Å²) in [5.74, 6) is 0.254. The number of carbonyl (C=O) groups is 1. The predicted molar refractivity (Wildman–Crippen MR) is 54.3 cm³/mol. The van der Waals surface area contributed by atoms with Gasteiger partial charge in [0.15, 0.2) is 5.75 Å². The summed E-state index contributed by atoms with van der Waals surface area (Å²) in [5, 5.41) is 8.87. The summed E-state index contributed by atoms with van der Waals surface area (Å²) in [4.78, 5) is 15.8. The molecule has 0 saturated heterocycles. The first-order valence-corrected chi connectivity index (χ1v) is 5.17. The van der Waals surface area contributed by atoms with Crippen molar-refractivity contribution in [1.82, 2.24) is 0 Å². The molecule has 0 atom stereocenters. The second-order valence-corrected chi connectivity index (χ2v) is 3.82. The number of hydrogen-bond acceptors (Lipinski definition) is 3. The largest absolute Gasteiger partial charge is 0.487 e. The summed E-state index contributed by atoms with van der Waals surface area (Å²) < 4.78 is 6.70. The first kappa shape index (κ1) is 10.7. The van der Waals surface area contributed by atoms with E-state index in [9.17, 15) is 4.79 Å². The van der Waals surface area contributed by atoms with Crippen LogP contribution in [0, 0.1) is 5.92 Å². The molecule has 0 spiro atoms. The van der Waals surface area contributed by atoms with Crippen molar-refractivity contribution in [3.63, 3.8) is 0 Å². The van der Waals surface area contributed by atoms with Crippen LogP contribution in [-0.2, 0) is 0 Å². The predicted octanol–water partition coefficient (Wildman–Crippen LogP) is 0.519. The molecule has 0 unspecified atom stereocenters. The maximum absolute atomic E-state index is 10.8. The Morgan fingerprint density at radius 2 is 2.31 bits per heavy atom. The van der Waals surface area contributed by atoms with E-state index in [0.29, 0.717) is 18.3 Å². The molecule has 5 heteroatoms. The molecular formula is C11H14NO4+. The molecule has 0 radical (unpaired) electrons. The van der Waals surface area contributed by atoms with Crippen molar-refractivity contribution in [3.8, 4) is 5.75 Å². The van der Waals surface area contributed by atoms with Crippen molar-refractivity contribution in [2.24, 2.45) is 5.92 Å². The van der Waals surface area contributed by atoms with Crippen LogP contribution in [0.1, 0.15) is 23.3 Å². The SMILES string of the molecule is CO[n+]1cc(OCC2CC2)ccc1C(=O)O. The highest BCUT2D eigenvalue weighted by atomic mass is 16.6. The first-order chi connectivity index (χ1) is 7.70. The van der Waals surface area contributed by atoms with Gasteiger partial charge in [-0.05, 0) is 24.8 Å². The number of aromatic carboxylic acids is 1. The van der Waals surface area contributed by atoms with E-state index in [1.54, 1.807) is 6.07 Å². The standard InChI is InChI=1S/C11H13NO4/c1-15-12-6-9(16-7-8-2-3-8)4-5-10(12)11(13)14/h4-6,8H,2-3,7H2,1H3/p+1. The third-order valence-electron chi connectivity index (χ3n) is 2.49. The molecule has 1 aromatic heterocycles. The van der Waals surface area contributed by atoms with Gasteiger partial charge in [-0.25, -0.2) is 4.79 Å². The van der Waals surface area contributed by atoms with Gasteiger partial charge in [0.1, 0.15) is 7.11 Å². The normalized spacial score (nSPS) is 14.6. The Kier molecular flexibility index (Phi) is 2.94. The van der Waals surface area contributed by atoms with E-state index in [1.165, 1.54) is 36.9 Å². The number of ether oxygens (including phenoxy) is 1. The number of rotatable bonds is 5. The summed E-state index contributed by atoms with van der Waals surface area (Å²) in [5.41, 5.74) is 0.0706. The highest BCUT2D eigenvalue weighted by Crippen LogP contribution is 2.29. The Balaban J connectivity index is 2.11. The Bertz CT molecular complexity index is 401. The van der Waals surface area contributed by atoms with Crippen LogP contribution in [0.3, 0.4) is 0 Å². The van der Waals surface area contributed by atoms with Crippen LogP contribution < -0.4 is 14.3 Å². The Hall–Kier alpha value is -1.78. The molecule has 16 heavy (non-hydrogen) atoms. The van der Waals surface area contributed by atoms with E-state index < -0.39 is 5.97 Å². The smallest absolute Gasteiger partial charge is 0.406 e. The van der Waals surface area contributed by atoms with E-state index in [-0.39, 0.29) is 5.69 Å². The van der Waals surface area contributed by atoms with Crippen molar-refractivity contribution in [3.05, 3.63) is 24.0 Å². The van der Waals surface area contributed by atoms with Gasteiger partial charge in [0.2, 0.25) is 0 Å². The van der Waals surface area contributed by atoms with Crippen LogP contribution in [0.25, 0.3) is 0 Å². The Labute approximate surface area is 93.2 Å². The van der Waals surface area contributed by atoms with Crippen LogP contribution in [0.2, 0.25) is 0 Å². The van der Waals surface area contributed by atoms with Gasteiger partial charge in [-0.3, -0.25) is 4.84 Å². The van der Waals surface area contributed by atoms with Gasteiger partial charge in [0, 0.05) is 10.8 Å². The zero-order valence-electron chi connectivity index (χ0n) is 9.05. The third-order valence-corrected chi connectivity index (χ3v) is 2.49. The summed E-state index contributed by atoms with van der Waals surface area (Å²) in [6.45, 7) is 0.691. The highest BCUT2D eigenvalue weighted by Gasteiger charge is 2.24. The average molecular weight is 224 g/mol. The van der Waals surface area contributed by atoms with Crippen molar-refractivity contribution < 1.29 is 24.2 Å². The van der Waals surface area contributed by atoms with Gasteiger partial charge in [0.25, 0.3) is 6.20 Å². The fraction of sp³-hybridized carbons (Fsp3) is 0.455. The molecule has 0 amide bonds. The first-order valence-electron chi connectivity index (χ1n) is 5.17. The lowest BCUT2D eigenvalue weighted by Crippen LogP contribution is -2.45. The van der Waals surface area contributed by atoms with E-state index >= 15 is 0 Å². The quantitative estimate of drug-likeness (QED) is 0.741. The summed E-state index contributed by atoms with van der Waals surface area (Å²) in [7, 11) is 1.41. The van der Waals surface area contributed by atoms with E-state index in [4.69, 9.17) is 14.7 Å². The van der Waals surface area contributed by atoms with Gasteiger partial charge < -0.3 is 9.84 Å². The highest BCUT2D eigenvalue weighted by molar-refractivity contribution is 5.83. The summed E-state index contributed by atoms with van der Waals surface area (Å²) >= 11 is 0.